The second-order valence-electron chi connectivity index (χ2n) is 3.79. The van der Waals surface area contributed by atoms with Gasteiger partial charge >= 0.3 is 5.97 Å². The molecule has 4 heteroatoms. The Morgan fingerprint density at radius 1 is 1.31 bits per heavy atom. The number of hydrogen-bond donors (Lipinski definition) is 1. The van der Waals surface area contributed by atoms with E-state index >= 15 is 0 Å². The molecule has 0 spiro atoms. The summed E-state index contributed by atoms with van der Waals surface area (Å²) in [6.07, 6.45) is 0. The number of fused-ring (bicyclic) bond motifs is 1. The van der Waals surface area contributed by atoms with Gasteiger partial charge in [0.25, 0.3) is 5.56 Å². The fraction of sp³-hybridized carbons (Fsp3) is 0.167. The number of hydrogen-bond acceptors (Lipinski definition) is 2. The summed E-state index contributed by atoms with van der Waals surface area (Å²) in [6.45, 7) is 1.90. The molecule has 0 atom stereocenters. The van der Waals surface area contributed by atoms with Gasteiger partial charge in [-0.1, -0.05) is 17.7 Å². The SMILES string of the molecule is Cc1ccc2c(=O)n(C)c(C(=O)O)cc2c1. The van der Waals surface area contributed by atoms with Crippen molar-refractivity contribution in [2.75, 3.05) is 0 Å². The topological polar surface area (TPSA) is 59.3 Å². The van der Waals surface area contributed by atoms with E-state index in [0.29, 0.717) is 10.8 Å². The van der Waals surface area contributed by atoms with Crippen LogP contribution in [0.2, 0.25) is 0 Å². The summed E-state index contributed by atoms with van der Waals surface area (Å²) < 4.78 is 1.15. The molecule has 0 saturated heterocycles. The summed E-state index contributed by atoms with van der Waals surface area (Å²) >= 11 is 0. The van der Waals surface area contributed by atoms with Crippen LogP contribution in [0.25, 0.3) is 10.8 Å². The third-order valence-corrected chi connectivity index (χ3v) is 2.61. The van der Waals surface area contributed by atoms with Gasteiger partial charge in [0.05, 0.1) is 0 Å². The molecule has 4 nitrogen and oxygen atoms in total. The molecule has 0 radical (unpaired) electrons. The van der Waals surface area contributed by atoms with Crippen LogP contribution in [0, 0.1) is 6.92 Å². The van der Waals surface area contributed by atoms with Crippen molar-refractivity contribution in [3.8, 4) is 0 Å². The first-order valence-corrected chi connectivity index (χ1v) is 4.84. The van der Waals surface area contributed by atoms with Gasteiger partial charge in [0, 0.05) is 12.4 Å². The molecular formula is C12H11NO3. The highest BCUT2D eigenvalue weighted by Crippen LogP contribution is 2.13. The van der Waals surface area contributed by atoms with Crippen molar-refractivity contribution in [1.82, 2.24) is 4.57 Å². The summed E-state index contributed by atoms with van der Waals surface area (Å²) in [5, 5.41) is 10.2. The average Bonchev–Trinajstić information content (AvgIpc) is 2.22. The van der Waals surface area contributed by atoms with E-state index in [4.69, 9.17) is 5.11 Å². The molecule has 1 N–H and O–H groups in total. The fourth-order valence-corrected chi connectivity index (χ4v) is 1.74. The Hall–Kier alpha value is -2.10. The van der Waals surface area contributed by atoms with Crippen LogP contribution < -0.4 is 5.56 Å². The van der Waals surface area contributed by atoms with Gasteiger partial charge in [0.1, 0.15) is 5.69 Å². The third kappa shape index (κ3) is 1.48. The average molecular weight is 217 g/mol. The van der Waals surface area contributed by atoms with Gasteiger partial charge < -0.3 is 9.67 Å². The smallest absolute Gasteiger partial charge is 0.352 e. The predicted octanol–water partition coefficient (Wildman–Crippen LogP) is 1.55. The van der Waals surface area contributed by atoms with Crippen molar-refractivity contribution in [2.45, 2.75) is 6.92 Å². The maximum absolute atomic E-state index is 11.9. The summed E-state index contributed by atoms with van der Waals surface area (Å²) in [4.78, 5) is 22.8. The van der Waals surface area contributed by atoms with Crippen LogP contribution in [0.3, 0.4) is 0 Å². The Morgan fingerprint density at radius 3 is 2.62 bits per heavy atom. The predicted molar refractivity (Wildman–Crippen MR) is 60.9 cm³/mol. The van der Waals surface area contributed by atoms with E-state index in [9.17, 15) is 9.59 Å². The van der Waals surface area contributed by atoms with Crippen molar-refractivity contribution in [3.63, 3.8) is 0 Å². The molecular weight excluding hydrogens is 206 g/mol. The molecule has 0 bridgehead atoms. The zero-order chi connectivity index (χ0) is 11.9. The van der Waals surface area contributed by atoms with Crippen LogP contribution >= 0.6 is 0 Å². The molecule has 0 fully saturated rings. The van der Waals surface area contributed by atoms with Gasteiger partial charge in [-0.3, -0.25) is 4.79 Å². The van der Waals surface area contributed by atoms with Crippen molar-refractivity contribution in [2.24, 2.45) is 7.05 Å². The summed E-state index contributed by atoms with van der Waals surface area (Å²) in [6, 6.07) is 6.89. The summed E-state index contributed by atoms with van der Waals surface area (Å²) in [5.41, 5.74) is 0.718. The number of aromatic nitrogens is 1. The zero-order valence-electron chi connectivity index (χ0n) is 9.02. The molecule has 16 heavy (non-hydrogen) atoms. The largest absolute Gasteiger partial charge is 0.477 e. The minimum absolute atomic E-state index is 0.00287. The molecule has 0 saturated carbocycles. The van der Waals surface area contributed by atoms with E-state index in [1.165, 1.54) is 13.1 Å². The Labute approximate surface area is 91.8 Å². The van der Waals surface area contributed by atoms with Gasteiger partial charge in [-0.15, -0.1) is 0 Å². The number of nitrogens with zero attached hydrogens (tertiary/aromatic N) is 1. The normalized spacial score (nSPS) is 10.6. The monoisotopic (exact) mass is 217 g/mol. The fourth-order valence-electron chi connectivity index (χ4n) is 1.74. The number of carboxylic acids is 1. The molecule has 1 heterocycles. The lowest BCUT2D eigenvalue weighted by molar-refractivity contribution is 0.0685. The van der Waals surface area contributed by atoms with Gasteiger partial charge in [0.2, 0.25) is 0 Å². The molecule has 1 aromatic heterocycles. The highest BCUT2D eigenvalue weighted by atomic mass is 16.4. The minimum atomic E-state index is -1.09. The lowest BCUT2D eigenvalue weighted by Gasteiger charge is -2.06. The van der Waals surface area contributed by atoms with Crippen molar-refractivity contribution in [1.29, 1.82) is 0 Å². The lowest BCUT2D eigenvalue weighted by atomic mass is 10.1. The Morgan fingerprint density at radius 2 is 2.00 bits per heavy atom. The third-order valence-electron chi connectivity index (χ3n) is 2.61. The first kappa shape index (κ1) is 10.4. The van der Waals surface area contributed by atoms with Crippen LogP contribution in [0.1, 0.15) is 16.1 Å². The van der Waals surface area contributed by atoms with Gasteiger partial charge in [-0.05, 0) is 24.4 Å². The van der Waals surface area contributed by atoms with Crippen molar-refractivity contribution < 1.29 is 9.90 Å². The number of aryl methyl sites for hydroxylation is 1. The van der Waals surface area contributed by atoms with E-state index in [1.54, 1.807) is 6.07 Å². The van der Waals surface area contributed by atoms with E-state index < -0.39 is 5.97 Å². The number of pyridine rings is 1. The van der Waals surface area contributed by atoms with Crippen molar-refractivity contribution >= 4 is 16.7 Å². The van der Waals surface area contributed by atoms with Crippen molar-refractivity contribution in [3.05, 3.63) is 45.9 Å². The molecule has 0 unspecified atom stereocenters. The molecule has 0 amide bonds. The maximum atomic E-state index is 11.9. The van der Waals surface area contributed by atoms with Crippen LogP contribution in [0.5, 0.6) is 0 Å². The maximum Gasteiger partial charge on any atom is 0.352 e. The number of aromatic carboxylic acids is 1. The first-order valence-electron chi connectivity index (χ1n) is 4.84. The standard InChI is InChI=1S/C12H11NO3/c1-7-3-4-9-8(5-7)6-10(12(15)16)13(2)11(9)14/h3-6H,1-2H3,(H,15,16). The highest BCUT2D eigenvalue weighted by molar-refractivity contribution is 5.92. The number of carbonyl (C=O) groups is 1. The summed E-state index contributed by atoms with van der Waals surface area (Å²) in [7, 11) is 1.46. The van der Waals surface area contributed by atoms with Crippen LogP contribution in [-0.2, 0) is 7.05 Å². The number of carboxylic acid groups (broad SMARTS) is 1. The first-order chi connectivity index (χ1) is 7.50. The molecule has 0 aliphatic carbocycles. The quantitative estimate of drug-likeness (QED) is 0.788. The van der Waals surface area contributed by atoms with Crippen LogP contribution in [0.15, 0.2) is 29.1 Å². The Bertz CT molecular complexity index is 640. The van der Waals surface area contributed by atoms with E-state index in [1.807, 2.05) is 19.1 Å². The van der Waals surface area contributed by atoms with Gasteiger partial charge in [-0.2, -0.15) is 0 Å². The number of rotatable bonds is 1. The van der Waals surface area contributed by atoms with E-state index in [2.05, 4.69) is 0 Å². The Balaban J connectivity index is 2.94. The highest BCUT2D eigenvalue weighted by Gasteiger charge is 2.11. The van der Waals surface area contributed by atoms with E-state index in [0.717, 1.165) is 10.1 Å². The summed E-state index contributed by atoms with van der Waals surface area (Å²) in [5.74, 6) is -1.09. The zero-order valence-corrected chi connectivity index (χ0v) is 9.02. The Kier molecular flexibility index (Phi) is 2.27. The second-order valence-corrected chi connectivity index (χ2v) is 3.79. The van der Waals surface area contributed by atoms with E-state index in [-0.39, 0.29) is 11.3 Å². The minimum Gasteiger partial charge on any atom is -0.477 e. The number of benzene rings is 1. The van der Waals surface area contributed by atoms with Crippen LogP contribution in [-0.4, -0.2) is 15.6 Å². The second kappa shape index (κ2) is 3.48. The lowest BCUT2D eigenvalue weighted by Crippen LogP contribution is -2.23. The van der Waals surface area contributed by atoms with Gasteiger partial charge in [0.15, 0.2) is 0 Å². The molecule has 82 valence electrons. The van der Waals surface area contributed by atoms with Crippen LogP contribution in [0.4, 0.5) is 0 Å². The molecule has 2 aromatic rings. The molecule has 0 aliphatic rings. The molecule has 1 aromatic carbocycles. The molecule has 0 aliphatic heterocycles. The molecule has 2 rings (SSSR count). The van der Waals surface area contributed by atoms with Gasteiger partial charge in [-0.25, -0.2) is 4.79 Å².